The molecule has 0 unspecified atom stereocenters. The summed E-state index contributed by atoms with van der Waals surface area (Å²) in [4.78, 5) is 38.2. The van der Waals surface area contributed by atoms with Crippen LogP contribution in [0.1, 0.15) is 55.6 Å². The van der Waals surface area contributed by atoms with Crippen molar-refractivity contribution in [2.45, 2.75) is 50.0 Å². The van der Waals surface area contributed by atoms with Crippen molar-refractivity contribution in [1.29, 1.82) is 0 Å². The Balaban J connectivity index is 1.44. The van der Waals surface area contributed by atoms with Gasteiger partial charge in [-0.2, -0.15) is 0 Å². The number of fused-ring (bicyclic) bond motifs is 3. The fourth-order valence-corrected chi connectivity index (χ4v) is 5.40. The van der Waals surface area contributed by atoms with Gasteiger partial charge in [0.2, 0.25) is 5.91 Å². The lowest BCUT2D eigenvalue weighted by molar-refractivity contribution is -0.145. The fraction of sp³-hybridized carbons (Fsp3) is 0.444. The Morgan fingerprint density at radius 1 is 0.971 bits per heavy atom. The van der Waals surface area contributed by atoms with Gasteiger partial charge in [-0.05, 0) is 35.1 Å². The first-order valence-electron chi connectivity index (χ1n) is 12.2. The zero-order valence-corrected chi connectivity index (χ0v) is 19.7. The monoisotopic (exact) mass is 480 g/mol. The maximum Gasteiger partial charge on any atom is 0.407 e. The highest BCUT2D eigenvalue weighted by Gasteiger charge is 2.38. The molecule has 2 aromatic carbocycles. The highest BCUT2D eigenvalue weighted by molar-refractivity contribution is 5.83. The number of carbonyl (C=O) groups excluding carboxylic acids is 2. The summed E-state index contributed by atoms with van der Waals surface area (Å²) < 4.78 is 5.71. The predicted octanol–water partition coefficient (Wildman–Crippen LogP) is 3.52. The number of aliphatic carboxylic acids is 1. The van der Waals surface area contributed by atoms with E-state index in [2.05, 4.69) is 29.6 Å². The summed E-state index contributed by atoms with van der Waals surface area (Å²) in [6, 6.07) is 16.2. The summed E-state index contributed by atoms with van der Waals surface area (Å²) in [6.07, 6.45) is 3.36. The third-order valence-electron chi connectivity index (χ3n) is 7.06. The molecule has 35 heavy (non-hydrogen) atoms. The number of carboxylic acid groups (broad SMARTS) is 1. The number of aliphatic hydroxyl groups excluding tert-OH is 1. The molecule has 186 valence electrons. The molecule has 2 amide bonds. The second-order valence-corrected chi connectivity index (χ2v) is 9.40. The van der Waals surface area contributed by atoms with Crippen LogP contribution in [0.3, 0.4) is 0 Å². The molecule has 0 aliphatic heterocycles. The number of carboxylic acids is 1. The van der Waals surface area contributed by atoms with Crippen LogP contribution in [0.5, 0.6) is 0 Å². The second-order valence-electron chi connectivity index (χ2n) is 9.40. The normalized spacial score (nSPS) is 16.1. The molecule has 0 heterocycles. The van der Waals surface area contributed by atoms with Crippen molar-refractivity contribution < 1.29 is 29.3 Å². The smallest absolute Gasteiger partial charge is 0.407 e. The van der Waals surface area contributed by atoms with E-state index in [9.17, 15) is 19.5 Å². The number of ether oxygens (including phenoxy) is 1. The Hall–Kier alpha value is -3.39. The maximum absolute atomic E-state index is 13.0. The molecule has 0 saturated heterocycles. The van der Waals surface area contributed by atoms with Crippen molar-refractivity contribution in [1.82, 2.24) is 10.2 Å². The van der Waals surface area contributed by atoms with E-state index in [1.165, 1.54) is 0 Å². The molecule has 2 aliphatic carbocycles. The zero-order chi connectivity index (χ0) is 24.8. The summed E-state index contributed by atoms with van der Waals surface area (Å²) in [5.41, 5.74) is 3.75. The summed E-state index contributed by atoms with van der Waals surface area (Å²) in [5, 5.41) is 21.3. The summed E-state index contributed by atoms with van der Waals surface area (Å²) >= 11 is 0. The van der Waals surface area contributed by atoms with E-state index in [0.717, 1.165) is 46.4 Å². The molecule has 8 nitrogen and oxygen atoms in total. The van der Waals surface area contributed by atoms with Crippen LogP contribution >= 0.6 is 0 Å². The van der Waals surface area contributed by atoms with Gasteiger partial charge in [-0.15, -0.1) is 0 Å². The Kier molecular flexibility index (Phi) is 7.70. The molecule has 0 radical (unpaired) electrons. The van der Waals surface area contributed by atoms with Gasteiger partial charge in [-0.1, -0.05) is 67.8 Å². The molecule has 2 aromatic rings. The van der Waals surface area contributed by atoms with Gasteiger partial charge in [-0.25, -0.2) is 4.79 Å². The first kappa shape index (κ1) is 24.7. The third kappa shape index (κ3) is 5.65. The first-order chi connectivity index (χ1) is 16.9. The highest BCUT2D eigenvalue weighted by Crippen LogP contribution is 2.44. The quantitative estimate of drug-likeness (QED) is 0.506. The molecule has 2 aliphatic rings. The van der Waals surface area contributed by atoms with Gasteiger partial charge in [0, 0.05) is 12.5 Å². The van der Waals surface area contributed by atoms with Gasteiger partial charge in [0.05, 0.1) is 18.6 Å². The predicted molar refractivity (Wildman–Crippen MR) is 130 cm³/mol. The van der Waals surface area contributed by atoms with Gasteiger partial charge in [0.15, 0.2) is 0 Å². The van der Waals surface area contributed by atoms with Crippen LogP contribution in [0.25, 0.3) is 11.1 Å². The van der Waals surface area contributed by atoms with Crippen molar-refractivity contribution >= 4 is 18.0 Å². The largest absolute Gasteiger partial charge is 0.480 e. The van der Waals surface area contributed by atoms with E-state index in [1.54, 1.807) is 0 Å². The number of aliphatic hydroxyl groups is 1. The van der Waals surface area contributed by atoms with Crippen LogP contribution < -0.4 is 5.32 Å². The fourth-order valence-electron chi connectivity index (χ4n) is 5.40. The van der Waals surface area contributed by atoms with E-state index in [-0.39, 0.29) is 32.1 Å². The summed E-state index contributed by atoms with van der Waals surface area (Å²) in [6.45, 7) is -0.696. The van der Waals surface area contributed by atoms with Gasteiger partial charge in [0.1, 0.15) is 13.2 Å². The molecule has 1 fully saturated rings. The molecular weight excluding hydrogens is 448 g/mol. The van der Waals surface area contributed by atoms with Gasteiger partial charge < -0.3 is 25.2 Å². The lowest BCUT2D eigenvalue weighted by Crippen LogP contribution is -2.53. The second kappa shape index (κ2) is 10.9. The third-order valence-corrected chi connectivity index (χ3v) is 7.06. The zero-order valence-electron chi connectivity index (χ0n) is 19.7. The van der Waals surface area contributed by atoms with Gasteiger partial charge >= 0.3 is 12.1 Å². The Bertz CT molecular complexity index is 1030. The lowest BCUT2D eigenvalue weighted by atomic mass is 9.79. The number of hydrogen-bond acceptors (Lipinski definition) is 5. The lowest BCUT2D eigenvalue weighted by Gasteiger charge is -2.38. The van der Waals surface area contributed by atoms with Crippen LogP contribution in [0.4, 0.5) is 4.79 Å². The molecular formula is C27H32N2O6. The number of alkyl carbamates (subject to hydrolysis) is 1. The topological polar surface area (TPSA) is 116 Å². The van der Waals surface area contributed by atoms with Gasteiger partial charge in [-0.3, -0.25) is 9.59 Å². The Morgan fingerprint density at radius 3 is 2.14 bits per heavy atom. The minimum absolute atomic E-state index is 0.0233. The molecule has 0 bridgehead atoms. The van der Waals surface area contributed by atoms with E-state index in [0.29, 0.717) is 12.8 Å². The number of benzene rings is 2. The van der Waals surface area contributed by atoms with Crippen molar-refractivity contribution in [3.63, 3.8) is 0 Å². The van der Waals surface area contributed by atoms with E-state index >= 15 is 0 Å². The average molecular weight is 481 g/mol. The number of carbonyl (C=O) groups is 3. The van der Waals surface area contributed by atoms with E-state index in [1.807, 2.05) is 24.3 Å². The van der Waals surface area contributed by atoms with Crippen molar-refractivity contribution in [2.24, 2.45) is 0 Å². The van der Waals surface area contributed by atoms with Crippen molar-refractivity contribution in [2.75, 3.05) is 26.3 Å². The molecule has 0 spiro atoms. The SMILES string of the molecule is O=C(O)CN(CCO)C(=O)CC1(NC(=O)OCC2c3ccccc3-c3ccccc32)CCCCC1. The number of hydrogen-bond donors (Lipinski definition) is 3. The van der Waals surface area contributed by atoms with E-state index < -0.39 is 30.1 Å². The van der Waals surface area contributed by atoms with Crippen molar-refractivity contribution in [3.05, 3.63) is 59.7 Å². The van der Waals surface area contributed by atoms with Crippen LogP contribution in [0.2, 0.25) is 0 Å². The molecule has 0 atom stereocenters. The standard InChI is InChI=1S/C27H32N2O6/c30-15-14-29(17-25(32)33)24(31)16-27(12-6-1-7-13-27)28-26(34)35-18-23-21-10-4-2-8-19(21)20-9-3-5-11-22(20)23/h2-5,8-11,23,30H,1,6-7,12-18H2,(H,28,34)(H,32,33). The van der Waals surface area contributed by atoms with Crippen LogP contribution in [0.15, 0.2) is 48.5 Å². The van der Waals surface area contributed by atoms with E-state index in [4.69, 9.17) is 9.84 Å². The van der Waals surface area contributed by atoms with Crippen LogP contribution in [-0.4, -0.2) is 64.9 Å². The average Bonchev–Trinajstić information content (AvgIpc) is 3.16. The number of amides is 2. The van der Waals surface area contributed by atoms with Crippen LogP contribution in [0, 0.1) is 0 Å². The summed E-state index contributed by atoms with van der Waals surface area (Å²) in [5.74, 6) is -1.61. The number of nitrogens with one attached hydrogen (secondary N) is 1. The number of rotatable bonds is 9. The summed E-state index contributed by atoms with van der Waals surface area (Å²) in [7, 11) is 0. The van der Waals surface area contributed by atoms with Crippen LogP contribution in [-0.2, 0) is 14.3 Å². The molecule has 3 N–H and O–H groups in total. The molecule has 0 aromatic heterocycles. The minimum atomic E-state index is -1.14. The number of nitrogens with zero attached hydrogens (tertiary/aromatic N) is 1. The maximum atomic E-state index is 13.0. The minimum Gasteiger partial charge on any atom is -0.480 e. The molecule has 8 heteroatoms. The van der Waals surface area contributed by atoms with Crippen molar-refractivity contribution in [3.8, 4) is 11.1 Å². The highest BCUT2D eigenvalue weighted by atomic mass is 16.5. The first-order valence-corrected chi connectivity index (χ1v) is 12.2. The Morgan fingerprint density at radius 2 is 1.57 bits per heavy atom. The van der Waals surface area contributed by atoms with Gasteiger partial charge in [0.25, 0.3) is 0 Å². The molecule has 4 rings (SSSR count). The molecule has 1 saturated carbocycles. The Labute approximate surface area is 204 Å².